The molecule has 0 bridgehead atoms. The first kappa shape index (κ1) is 16.1. The fraction of sp³-hybridized carbons (Fsp3) is 0.188. The molecule has 0 spiro atoms. The molecular formula is C16H13FN2O4S2. The zero-order valence-electron chi connectivity index (χ0n) is 13.1. The molecule has 25 heavy (non-hydrogen) atoms. The largest absolute Gasteiger partial charge is 0.454 e. The summed E-state index contributed by atoms with van der Waals surface area (Å²) in [6.45, 7) is 2.62. The highest BCUT2D eigenvalue weighted by atomic mass is 32.2. The molecule has 9 heteroatoms. The summed E-state index contributed by atoms with van der Waals surface area (Å²) in [6, 6.07) is 8.24. The molecule has 6 nitrogen and oxygen atoms in total. The second kappa shape index (κ2) is 5.85. The first-order valence-electron chi connectivity index (χ1n) is 7.47. The molecular weight excluding hydrogens is 367 g/mol. The Hall–Kier alpha value is -2.39. The number of nitrogens with zero attached hydrogens (tertiary/aromatic N) is 2. The molecule has 1 aliphatic heterocycles. The zero-order chi connectivity index (χ0) is 17.6. The summed E-state index contributed by atoms with van der Waals surface area (Å²) in [5.74, 6) is 0.754. The molecule has 0 N–H and O–H groups in total. The van der Waals surface area contributed by atoms with Gasteiger partial charge in [0.25, 0.3) is 10.0 Å². The van der Waals surface area contributed by atoms with Gasteiger partial charge in [0.05, 0.1) is 15.1 Å². The number of thiazole rings is 1. The lowest BCUT2D eigenvalue weighted by Gasteiger charge is -2.02. The number of fused-ring (bicyclic) bond motifs is 2. The van der Waals surface area contributed by atoms with Crippen molar-refractivity contribution in [1.82, 2.24) is 4.57 Å². The van der Waals surface area contributed by atoms with Gasteiger partial charge in [-0.3, -0.25) is 0 Å². The van der Waals surface area contributed by atoms with E-state index >= 15 is 0 Å². The molecule has 1 aromatic heterocycles. The minimum atomic E-state index is -3.94. The van der Waals surface area contributed by atoms with Crippen LogP contribution in [0.25, 0.3) is 10.2 Å². The SMILES string of the molecule is CCn1/c(=N/S(=O)(=O)c2ccc(F)cc2)sc2cc3c(cc21)OCO3. The number of hydrogen-bond donors (Lipinski definition) is 0. The number of aromatic nitrogens is 1. The number of hydrogen-bond acceptors (Lipinski definition) is 5. The molecule has 2 heterocycles. The van der Waals surface area contributed by atoms with E-state index in [1.54, 1.807) is 4.57 Å². The minimum Gasteiger partial charge on any atom is -0.454 e. The van der Waals surface area contributed by atoms with Crippen molar-refractivity contribution < 1.29 is 22.3 Å². The van der Waals surface area contributed by atoms with Gasteiger partial charge >= 0.3 is 0 Å². The second-order valence-electron chi connectivity index (χ2n) is 5.32. The van der Waals surface area contributed by atoms with Crippen molar-refractivity contribution in [3.8, 4) is 11.5 Å². The van der Waals surface area contributed by atoms with Gasteiger partial charge < -0.3 is 14.0 Å². The summed E-state index contributed by atoms with van der Waals surface area (Å²) < 4.78 is 55.4. The van der Waals surface area contributed by atoms with Gasteiger partial charge in [-0.2, -0.15) is 8.42 Å². The highest BCUT2D eigenvalue weighted by Gasteiger charge is 2.19. The third kappa shape index (κ3) is 2.79. The number of sulfonamides is 1. The van der Waals surface area contributed by atoms with Crippen LogP contribution in [-0.2, 0) is 16.6 Å². The van der Waals surface area contributed by atoms with Gasteiger partial charge in [0, 0.05) is 18.7 Å². The van der Waals surface area contributed by atoms with Gasteiger partial charge in [0.1, 0.15) is 5.82 Å². The molecule has 0 radical (unpaired) electrons. The van der Waals surface area contributed by atoms with Crippen molar-refractivity contribution in [3.63, 3.8) is 0 Å². The average Bonchev–Trinajstić information content (AvgIpc) is 3.15. The number of halogens is 1. The lowest BCUT2D eigenvalue weighted by molar-refractivity contribution is 0.174. The second-order valence-corrected chi connectivity index (χ2v) is 7.94. The third-order valence-electron chi connectivity index (χ3n) is 3.80. The van der Waals surface area contributed by atoms with E-state index < -0.39 is 15.8 Å². The van der Waals surface area contributed by atoms with Crippen LogP contribution in [0, 0.1) is 5.82 Å². The number of rotatable bonds is 3. The predicted molar refractivity (Wildman–Crippen MR) is 90.8 cm³/mol. The van der Waals surface area contributed by atoms with Crippen LogP contribution < -0.4 is 14.3 Å². The van der Waals surface area contributed by atoms with Gasteiger partial charge in [-0.1, -0.05) is 11.3 Å². The van der Waals surface area contributed by atoms with Crippen molar-refractivity contribution >= 4 is 31.6 Å². The third-order valence-corrected chi connectivity index (χ3v) is 6.24. The zero-order valence-corrected chi connectivity index (χ0v) is 14.7. The predicted octanol–water partition coefficient (Wildman–Crippen LogP) is 2.88. The van der Waals surface area contributed by atoms with Crippen LogP contribution in [0.1, 0.15) is 6.92 Å². The van der Waals surface area contributed by atoms with Gasteiger partial charge in [0.2, 0.25) is 11.6 Å². The molecule has 1 aliphatic rings. The molecule has 0 saturated carbocycles. The van der Waals surface area contributed by atoms with E-state index in [-0.39, 0.29) is 11.7 Å². The summed E-state index contributed by atoms with van der Waals surface area (Å²) in [6.07, 6.45) is 0. The fourth-order valence-corrected chi connectivity index (χ4v) is 4.90. The van der Waals surface area contributed by atoms with Crippen molar-refractivity contribution in [2.45, 2.75) is 18.4 Å². The van der Waals surface area contributed by atoms with E-state index in [4.69, 9.17) is 9.47 Å². The normalized spacial score (nSPS) is 14.4. The Kier molecular flexibility index (Phi) is 3.77. The Labute approximate surface area is 146 Å². The van der Waals surface area contributed by atoms with E-state index in [2.05, 4.69) is 4.40 Å². The summed E-state index contributed by atoms with van der Waals surface area (Å²) in [7, 11) is -3.94. The van der Waals surface area contributed by atoms with E-state index in [1.807, 2.05) is 19.1 Å². The van der Waals surface area contributed by atoms with E-state index in [9.17, 15) is 12.8 Å². The molecule has 0 aliphatic carbocycles. The topological polar surface area (TPSA) is 69.9 Å². The Balaban J connectivity index is 1.91. The summed E-state index contributed by atoms with van der Waals surface area (Å²) >= 11 is 1.25. The van der Waals surface area contributed by atoms with E-state index in [0.717, 1.165) is 22.3 Å². The van der Waals surface area contributed by atoms with Crippen LogP contribution in [0.4, 0.5) is 4.39 Å². The molecule has 0 atom stereocenters. The van der Waals surface area contributed by atoms with Gasteiger partial charge in [-0.15, -0.1) is 4.40 Å². The molecule has 0 saturated heterocycles. The highest BCUT2D eigenvalue weighted by molar-refractivity contribution is 7.90. The smallest absolute Gasteiger partial charge is 0.285 e. The van der Waals surface area contributed by atoms with E-state index in [1.165, 1.54) is 23.5 Å². The molecule has 130 valence electrons. The van der Waals surface area contributed by atoms with Gasteiger partial charge in [-0.05, 0) is 31.2 Å². The van der Waals surface area contributed by atoms with Crippen LogP contribution in [0.15, 0.2) is 45.7 Å². The number of ether oxygens (including phenoxy) is 2. The summed E-state index contributed by atoms with van der Waals surface area (Å²) in [4.78, 5) is 0.286. The average molecular weight is 380 g/mol. The standard InChI is InChI=1S/C16H13FN2O4S2/c1-2-19-12-7-13-14(23-9-22-13)8-15(12)24-16(19)18-25(20,21)11-5-3-10(17)4-6-11/h3-8H,2,9H2,1H3/b18-16-. The van der Waals surface area contributed by atoms with Crippen molar-refractivity contribution in [2.75, 3.05) is 6.79 Å². The van der Waals surface area contributed by atoms with Gasteiger partial charge in [0.15, 0.2) is 11.5 Å². The van der Waals surface area contributed by atoms with Crippen LogP contribution in [0.5, 0.6) is 11.5 Å². The first-order chi connectivity index (χ1) is 12.0. The summed E-state index contributed by atoms with van der Waals surface area (Å²) in [5.41, 5.74) is 0.824. The Morgan fingerprint density at radius 2 is 1.88 bits per heavy atom. The molecule has 0 fully saturated rings. The first-order valence-corrected chi connectivity index (χ1v) is 9.73. The van der Waals surface area contributed by atoms with Crippen LogP contribution in [0.2, 0.25) is 0 Å². The fourth-order valence-electron chi connectivity index (χ4n) is 2.60. The highest BCUT2D eigenvalue weighted by Crippen LogP contribution is 2.37. The lowest BCUT2D eigenvalue weighted by Crippen LogP contribution is -2.16. The Bertz CT molecular complexity index is 1130. The molecule has 2 aromatic carbocycles. The Morgan fingerprint density at radius 3 is 2.56 bits per heavy atom. The van der Waals surface area contributed by atoms with E-state index in [0.29, 0.717) is 22.8 Å². The minimum absolute atomic E-state index is 0.0526. The maximum Gasteiger partial charge on any atom is 0.285 e. The molecule has 0 unspecified atom stereocenters. The maximum atomic E-state index is 13.0. The molecule has 0 amide bonds. The quantitative estimate of drug-likeness (QED) is 0.701. The number of benzene rings is 2. The van der Waals surface area contributed by atoms with Crippen LogP contribution in [-0.4, -0.2) is 19.8 Å². The molecule has 4 rings (SSSR count). The molecule has 3 aromatic rings. The monoisotopic (exact) mass is 380 g/mol. The van der Waals surface area contributed by atoms with Crippen LogP contribution in [0.3, 0.4) is 0 Å². The maximum absolute atomic E-state index is 13.0. The Morgan fingerprint density at radius 1 is 1.20 bits per heavy atom. The number of aryl methyl sites for hydroxylation is 1. The van der Waals surface area contributed by atoms with Crippen molar-refractivity contribution in [3.05, 3.63) is 47.0 Å². The van der Waals surface area contributed by atoms with Crippen molar-refractivity contribution in [1.29, 1.82) is 0 Å². The van der Waals surface area contributed by atoms with Gasteiger partial charge in [-0.25, -0.2) is 4.39 Å². The van der Waals surface area contributed by atoms with Crippen LogP contribution >= 0.6 is 11.3 Å². The summed E-state index contributed by atoms with van der Waals surface area (Å²) in [5, 5.41) is 0. The van der Waals surface area contributed by atoms with Crippen molar-refractivity contribution in [2.24, 2.45) is 4.40 Å². The lowest BCUT2D eigenvalue weighted by atomic mass is 10.3.